The van der Waals surface area contributed by atoms with E-state index in [1.54, 1.807) is 0 Å². The SMILES string of the molecule is NC(N)=NCCC[C@H](NC(N)C(=O)O)C(=O)O. The minimum Gasteiger partial charge on any atom is -0.480 e. The van der Waals surface area contributed by atoms with Gasteiger partial charge in [-0.1, -0.05) is 0 Å². The van der Waals surface area contributed by atoms with Crippen LogP contribution in [0.5, 0.6) is 0 Å². The molecule has 0 aromatic heterocycles. The van der Waals surface area contributed by atoms with Gasteiger partial charge in [-0.25, -0.2) is 4.79 Å². The van der Waals surface area contributed by atoms with Gasteiger partial charge in [0.25, 0.3) is 0 Å². The zero-order valence-corrected chi connectivity index (χ0v) is 9.17. The van der Waals surface area contributed by atoms with Crippen molar-refractivity contribution in [2.75, 3.05) is 6.54 Å². The summed E-state index contributed by atoms with van der Waals surface area (Å²) >= 11 is 0. The van der Waals surface area contributed by atoms with E-state index in [2.05, 4.69) is 10.3 Å². The highest BCUT2D eigenvalue weighted by Gasteiger charge is 2.22. The normalized spacial score (nSPS) is 13.7. The third-order valence-electron chi connectivity index (χ3n) is 1.89. The van der Waals surface area contributed by atoms with Gasteiger partial charge in [-0.2, -0.15) is 0 Å². The van der Waals surface area contributed by atoms with Crippen LogP contribution in [0.15, 0.2) is 4.99 Å². The van der Waals surface area contributed by atoms with E-state index in [0.29, 0.717) is 6.42 Å². The molecule has 9 heteroatoms. The topological polar surface area (TPSA) is 177 Å². The molecule has 0 aliphatic carbocycles. The summed E-state index contributed by atoms with van der Waals surface area (Å²) in [6.45, 7) is 0.274. The van der Waals surface area contributed by atoms with Crippen molar-refractivity contribution < 1.29 is 19.8 Å². The molecular formula is C8H17N5O4. The Morgan fingerprint density at radius 2 is 1.82 bits per heavy atom. The fourth-order valence-corrected chi connectivity index (χ4v) is 1.07. The van der Waals surface area contributed by atoms with Crippen molar-refractivity contribution in [1.29, 1.82) is 0 Å². The van der Waals surface area contributed by atoms with Crippen molar-refractivity contribution in [3.8, 4) is 0 Å². The van der Waals surface area contributed by atoms with Gasteiger partial charge in [-0.05, 0) is 12.8 Å². The van der Waals surface area contributed by atoms with Crippen LogP contribution in [0, 0.1) is 0 Å². The summed E-state index contributed by atoms with van der Waals surface area (Å²) in [5.74, 6) is -2.57. The van der Waals surface area contributed by atoms with E-state index in [4.69, 9.17) is 27.4 Å². The lowest BCUT2D eigenvalue weighted by molar-refractivity contribution is -0.142. The van der Waals surface area contributed by atoms with Gasteiger partial charge in [0.05, 0.1) is 0 Å². The number of hydrogen-bond donors (Lipinski definition) is 6. The molecule has 0 fully saturated rings. The number of nitrogens with two attached hydrogens (primary N) is 3. The summed E-state index contributed by atoms with van der Waals surface area (Å²) in [6.07, 6.45) is -0.847. The van der Waals surface area contributed by atoms with E-state index in [-0.39, 0.29) is 18.9 Å². The second-order valence-electron chi connectivity index (χ2n) is 3.32. The van der Waals surface area contributed by atoms with Crippen LogP contribution in [0.1, 0.15) is 12.8 Å². The number of nitrogens with one attached hydrogen (secondary N) is 1. The molecule has 0 aliphatic heterocycles. The van der Waals surface area contributed by atoms with Gasteiger partial charge in [-0.3, -0.25) is 15.1 Å². The summed E-state index contributed by atoms with van der Waals surface area (Å²) in [5.41, 5.74) is 15.3. The molecule has 0 saturated carbocycles. The molecule has 0 amide bonds. The largest absolute Gasteiger partial charge is 0.480 e. The van der Waals surface area contributed by atoms with Gasteiger partial charge in [-0.15, -0.1) is 0 Å². The van der Waals surface area contributed by atoms with Crippen LogP contribution in [0.2, 0.25) is 0 Å². The highest BCUT2D eigenvalue weighted by molar-refractivity contribution is 5.77. The lowest BCUT2D eigenvalue weighted by atomic mass is 10.1. The van der Waals surface area contributed by atoms with Gasteiger partial charge in [0.15, 0.2) is 12.1 Å². The predicted molar refractivity (Wildman–Crippen MR) is 60.1 cm³/mol. The highest BCUT2D eigenvalue weighted by Crippen LogP contribution is 1.99. The van der Waals surface area contributed by atoms with Crippen LogP contribution in [0.3, 0.4) is 0 Å². The van der Waals surface area contributed by atoms with Crippen LogP contribution in [0.25, 0.3) is 0 Å². The van der Waals surface area contributed by atoms with Crippen molar-refractivity contribution in [3.63, 3.8) is 0 Å². The molecule has 0 heterocycles. The second-order valence-corrected chi connectivity index (χ2v) is 3.32. The van der Waals surface area contributed by atoms with E-state index >= 15 is 0 Å². The molecule has 17 heavy (non-hydrogen) atoms. The lowest BCUT2D eigenvalue weighted by Crippen LogP contribution is -2.52. The summed E-state index contributed by atoms with van der Waals surface area (Å²) in [6, 6.07) is -1.05. The number of carbonyl (C=O) groups is 2. The Morgan fingerprint density at radius 1 is 1.24 bits per heavy atom. The Kier molecular flexibility index (Phi) is 6.60. The molecule has 0 saturated heterocycles. The van der Waals surface area contributed by atoms with E-state index in [1.807, 2.05) is 0 Å². The van der Waals surface area contributed by atoms with Gasteiger partial charge in [0.2, 0.25) is 0 Å². The van der Waals surface area contributed by atoms with Crippen LogP contribution >= 0.6 is 0 Å². The number of nitrogens with zero attached hydrogens (tertiary/aromatic N) is 1. The maximum atomic E-state index is 10.8. The Morgan fingerprint density at radius 3 is 2.24 bits per heavy atom. The lowest BCUT2D eigenvalue weighted by Gasteiger charge is -2.16. The van der Waals surface area contributed by atoms with Crippen molar-refractivity contribution in [2.24, 2.45) is 22.2 Å². The van der Waals surface area contributed by atoms with E-state index in [9.17, 15) is 9.59 Å². The average Bonchev–Trinajstić information content (AvgIpc) is 2.21. The van der Waals surface area contributed by atoms with Crippen LogP contribution in [-0.2, 0) is 9.59 Å². The fourth-order valence-electron chi connectivity index (χ4n) is 1.07. The molecule has 0 spiro atoms. The third kappa shape index (κ3) is 7.09. The summed E-state index contributed by atoms with van der Waals surface area (Å²) < 4.78 is 0. The van der Waals surface area contributed by atoms with Crippen LogP contribution in [0.4, 0.5) is 0 Å². The molecule has 0 radical (unpaired) electrons. The van der Waals surface area contributed by atoms with Gasteiger partial charge >= 0.3 is 11.9 Å². The van der Waals surface area contributed by atoms with Crippen molar-refractivity contribution in [1.82, 2.24) is 5.32 Å². The smallest absolute Gasteiger partial charge is 0.335 e. The first-order chi connectivity index (χ1) is 7.84. The number of guanidine groups is 1. The Bertz CT molecular complexity index is 302. The van der Waals surface area contributed by atoms with E-state index in [1.165, 1.54) is 0 Å². The molecule has 9 N–H and O–H groups in total. The number of aliphatic imine (C=N–C) groups is 1. The molecule has 0 aliphatic rings. The first kappa shape index (κ1) is 15.1. The highest BCUT2D eigenvalue weighted by atomic mass is 16.4. The molecule has 98 valence electrons. The molecule has 2 atom stereocenters. The summed E-state index contributed by atoms with van der Waals surface area (Å²) in [5, 5.41) is 19.6. The van der Waals surface area contributed by atoms with E-state index in [0.717, 1.165) is 0 Å². The van der Waals surface area contributed by atoms with Gasteiger partial charge in [0, 0.05) is 6.54 Å². The molecule has 0 aromatic carbocycles. The third-order valence-corrected chi connectivity index (χ3v) is 1.89. The van der Waals surface area contributed by atoms with E-state index < -0.39 is 24.1 Å². The molecular weight excluding hydrogens is 230 g/mol. The van der Waals surface area contributed by atoms with Gasteiger partial charge < -0.3 is 27.4 Å². The Balaban J connectivity index is 4.12. The van der Waals surface area contributed by atoms with Crippen LogP contribution < -0.4 is 22.5 Å². The minimum absolute atomic E-state index is 0.0768. The zero-order chi connectivity index (χ0) is 13.4. The maximum Gasteiger partial charge on any atom is 0.335 e. The molecule has 0 bridgehead atoms. The first-order valence-electron chi connectivity index (χ1n) is 4.87. The standard InChI is InChI=1S/C8H17N5O4/c9-5(7(16)17)13-4(6(14)15)2-1-3-12-8(10)11/h4-5,13H,1-3,9H2,(H,14,15)(H,16,17)(H4,10,11,12)/t4-,5?/m0/s1. The van der Waals surface area contributed by atoms with Crippen LogP contribution in [-0.4, -0.2) is 46.9 Å². The minimum atomic E-state index is -1.42. The van der Waals surface area contributed by atoms with Gasteiger partial charge in [0.1, 0.15) is 6.04 Å². The monoisotopic (exact) mass is 247 g/mol. The van der Waals surface area contributed by atoms with Crippen molar-refractivity contribution in [2.45, 2.75) is 25.0 Å². The molecule has 0 rings (SSSR count). The predicted octanol–water partition coefficient (Wildman–Crippen LogP) is -2.55. The Hall–Kier alpha value is -1.87. The first-order valence-corrected chi connectivity index (χ1v) is 4.87. The number of hydrogen-bond acceptors (Lipinski definition) is 5. The number of carboxylic acids is 2. The zero-order valence-electron chi connectivity index (χ0n) is 9.17. The number of aliphatic carboxylic acids is 2. The Labute approximate surface area is 97.7 Å². The molecule has 0 aromatic rings. The van der Waals surface area contributed by atoms with Crippen molar-refractivity contribution >= 4 is 17.9 Å². The second kappa shape index (κ2) is 7.41. The number of carboxylic acid groups (broad SMARTS) is 2. The summed E-state index contributed by atoms with van der Waals surface area (Å²) in [7, 11) is 0. The maximum absolute atomic E-state index is 10.8. The van der Waals surface area contributed by atoms with Crippen molar-refractivity contribution in [3.05, 3.63) is 0 Å². The average molecular weight is 247 g/mol. The molecule has 1 unspecified atom stereocenters. The fraction of sp³-hybridized carbons (Fsp3) is 0.625. The quantitative estimate of drug-likeness (QED) is 0.117. The summed E-state index contributed by atoms with van der Waals surface area (Å²) in [4.78, 5) is 24.9. The number of rotatable bonds is 8. The molecule has 9 nitrogen and oxygen atoms in total.